The number of hydrogen-bond acceptors (Lipinski definition) is 3. The van der Waals surface area contributed by atoms with Crippen LogP contribution in [-0.2, 0) is 11.2 Å². The molecule has 1 aliphatic rings. The van der Waals surface area contributed by atoms with E-state index in [0.717, 1.165) is 5.56 Å². The highest BCUT2D eigenvalue weighted by Crippen LogP contribution is 2.27. The average Bonchev–Trinajstić information content (AvgIpc) is 2.97. The summed E-state index contributed by atoms with van der Waals surface area (Å²) in [6.45, 7) is 0. The van der Waals surface area contributed by atoms with Crippen LogP contribution in [0.2, 0.25) is 0 Å². The van der Waals surface area contributed by atoms with Gasteiger partial charge in [0.25, 0.3) is 11.8 Å². The van der Waals surface area contributed by atoms with E-state index in [4.69, 9.17) is 4.74 Å². The smallest absolute Gasteiger partial charge is 0.279 e. The van der Waals surface area contributed by atoms with Gasteiger partial charge in [-0.2, -0.15) is 0 Å². The lowest BCUT2D eigenvalue weighted by Gasteiger charge is -2.12. The molecule has 0 radical (unpaired) electrons. The highest BCUT2D eigenvalue weighted by molar-refractivity contribution is 5.95. The van der Waals surface area contributed by atoms with E-state index in [9.17, 15) is 9.59 Å². The summed E-state index contributed by atoms with van der Waals surface area (Å²) in [6.07, 6.45) is -0.109. The number of carbonyl (C=O) groups is 2. The van der Waals surface area contributed by atoms with Crippen LogP contribution in [0.15, 0.2) is 54.6 Å². The summed E-state index contributed by atoms with van der Waals surface area (Å²) in [5, 5.41) is 0. The fourth-order valence-electron chi connectivity index (χ4n) is 2.19. The number of hydrogen-bond donors (Lipinski definition) is 2. The standard InChI is InChI=1S/C16H14N2O3/c19-15(11-6-2-1-3-7-11)17-18-16(20)14-10-12-8-4-5-9-13(12)21-14/h1-9,14H,10H2,(H,17,19)(H,18,20)/t14-/m1/s1. The zero-order valence-corrected chi connectivity index (χ0v) is 11.2. The van der Waals surface area contributed by atoms with Crippen molar-refractivity contribution in [2.24, 2.45) is 0 Å². The van der Waals surface area contributed by atoms with Gasteiger partial charge in [0, 0.05) is 12.0 Å². The summed E-state index contributed by atoms with van der Waals surface area (Å²) < 4.78 is 5.54. The van der Waals surface area contributed by atoms with Crippen molar-refractivity contribution in [1.29, 1.82) is 0 Å². The SMILES string of the molecule is O=C(NNC(=O)[C@H]1Cc2ccccc2O1)c1ccccc1. The number of rotatable bonds is 2. The summed E-state index contributed by atoms with van der Waals surface area (Å²) in [6, 6.07) is 16.2. The molecule has 0 aliphatic carbocycles. The zero-order valence-electron chi connectivity index (χ0n) is 11.2. The molecule has 5 heteroatoms. The maximum atomic E-state index is 12.0. The Morgan fingerprint density at radius 2 is 1.67 bits per heavy atom. The number of fused-ring (bicyclic) bond motifs is 1. The van der Waals surface area contributed by atoms with Crippen LogP contribution >= 0.6 is 0 Å². The Balaban J connectivity index is 1.55. The molecule has 1 atom stereocenters. The largest absolute Gasteiger partial charge is 0.480 e. The second kappa shape index (κ2) is 5.66. The molecular weight excluding hydrogens is 268 g/mol. The fraction of sp³-hybridized carbons (Fsp3) is 0.125. The second-order valence-corrected chi connectivity index (χ2v) is 4.73. The third-order valence-corrected chi connectivity index (χ3v) is 3.27. The molecule has 2 N–H and O–H groups in total. The quantitative estimate of drug-likeness (QED) is 0.819. The van der Waals surface area contributed by atoms with Gasteiger partial charge >= 0.3 is 0 Å². The summed E-state index contributed by atoms with van der Waals surface area (Å²) in [7, 11) is 0. The fourth-order valence-corrected chi connectivity index (χ4v) is 2.19. The molecule has 1 aliphatic heterocycles. The molecule has 3 rings (SSSR count). The molecule has 0 fully saturated rings. The van der Waals surface area contributed by atoms with Gasteiger partial charge in [-0.25, -0.2) is 0 Å². The highest BCUT2D eigenvalue weighted by Gasteiger charge is 2.28. The maximum Gasteiger partial charge on any atom is 0.279 e. The molecule has 0 bridgehead atoms. The van der Waals surface area contributed by atoms with Gasteiger partial charge in [-0.1, -0.05) is 36.4 Å². The van der Waals surface area contributed by atoms with Crippen LogP contribution in [0, 0.1) is 0 Å². The summed E-state index contributed by atoms with van der Waals surface area (Å²) in [5.74, 6) is -0.0121. The lowest BCUT2D eigenvalue weighted by atomic mass is 10.1. The van der Waals surface area contributed by atoms with E-state index in [1.54, 1.807) is 24.3 Å². The first-order valence-corrected chi connectivity index (χ1v) is 6.64. The van der Waals surface area contributed by atoms with Crippen LogP contribution in [0.4, 0.5) is 0 Å². The Morgan fingerprint density at radius 1 is 0.952 bits per heavy atom. The normalized spacial score (nSPS) is 15.7. The molecule has 2 aromatic rings. The molecule has 1 heterocycles. The molecular formula is C16H14N2O3. The first kappa shape index (κ1) is 13.2. The molecule has 0 unspecified atom stereocenters. The maximum absolute atomic E-state index is 12.0. The first-order valence-electron chi connectivity index (χ1n) is 6.64. The Morgan fingerprint density at radius 3 is 2.43 bits per heavy atom. The van der Waals surface area contributed by atoms with E-state index >= 15 is 0 Å². The van der Waals surface area contributed by atoms with Gasteiger partial charge in [0.05, 0.1) is 0 Å². The van der Waals surface area contributed by atoms with E-state index < -0.39 is 6.10 Å². The van der Waals surface area contributed by atoms with Crippen LogP contribution in [-0.4, -0.2) is 17.9 Å². The molecule has 0 spiro atoms. The first-order chi connectivity index (χ1) is 10.2. The third-order valence-electron chi connectivity index (χ3n) is 3.27. The number of ether oxygens (including phenoxy) is 1. The van der Waals surface area contributed by atoms with Crippen molar-refractivity contribution in [3.63, 3.8) is 0 Å². The van der Waals surface area contributed by atoms with Crippen molar-refractivity contribution in [3.8, 4) is 5.75 Å². The third kappa shape index (κ3) is 2.86. The van der Waals surface area contributed by atoms with Crippen LogP contribution < -0.4 is 15.6 Å². The molecule has 106 valence electrons. The lowest BCUT2D eigenvalue weighted by molar-refractivity contribution is -0.128. The van der Waals surface area contributed by atoms with E-state index in [1.165, 1.54) is 0 Å². The van der Waals surface area contributed by atoms with Gasteiger partial charge in [-0.15, -0.1) is 0 Å². The van der Waals surface area contributed by atoms with E-state index in [-0.39, 0.29) is 11.8 Å². The van der Waals surface area contributed by atoms with Crippen molar-refractivity contribution in [1.82, 2.24) is 10.9 Å². The predicted octanol–water partition coefficient (Wildman–Crippen LogP) is 1.45. The molecule has 0 saturated carbocycles. The van der Waals surface area contributed by atoms with Gasteiger partial charge in [0.1, 0.15) is 5.75 Å². The van der Waals surface area contributed by atoms with E-state index in [0.29, 0.717) is 17.7 Å². The van der Waals surface area contributed by atoms with Crippen molar-refractivity contribution < 1.29 is 14.3 Å². The Hall–Kier alpha value is -2.82. The Bertz CT molecular complexity index is 645. The number of nitrogens with one attached hydrogen (secondary N) is 2. The zero-order chi connectivity index (χ0) is 14.7. The number of benzene rings is 2. The molecule has 0 saturated heterocycles. The number of hydrazine groups is 1. The monoisotopic (exact) mass is 282 g/mol. The minimum absolute atomic E-state index is 0.362. The number of para-hydroxylation sites is 1. The number of carbonyl (C=O) groups excluding carboxylic acids is 2. The molecule has 21 heavy (non-hydrogen) atoms. The van der Waals surface area contributed by atoms with E-state index in [1.807, 2.05) is 30.3 Å². The van der Waals surface area contributed by atoms with Crippen molar-refractivity contribution in [2.75, 3.05) is 0 Å². The average molecular weight is 282 g/mol. The van der Waals surface area contributed by atoms with Crippen molar-refractivity contribution in [3.05, 3.63) is 65.7 Å². The highest BCUT2D eigenvalue weighted by atomic mass is 16.5. The number of amides is 2. The van der Waals surface area contributed by atoms with Crippen molar-refractivity contribution in [2.45, 2.75) is 12.5 Å². The lowest BCUT2D eigenvalue weighted by Crippen LogP contribution is -2.47. The Kier molecular flexibility index (Phi) is 3.55. The van der Waals surface area contributed by atoms with Gasteiger partial charge in [-0.3, -0.25) is 20.4 Å². The van der Waals surface area contributed by atoms with Gasteiger partial charge in [0.15, 0.2) is 6.10 Å². The summed E-state index contributed by atoms with van der Waals surface area (Å²) >= 11 is 0. The second-order valence-electron chi connectivity index (χ2n) is 4.73. The van der Waals surface area contributed by atoms with Crippen LogP contribution in [0.3, 0.4) is 0 Å². The topological polar surface area (TPSA) is 67.4 Å². The van der Waals surface area contributed by atoms with Gasteiger partial charge < -0.3 is 4.74 Å². The Labute approximate surface area is 121 Å². The van der Waals surface area contributed by atoms with Crippen LogP contribution in [0.25, 0.3) is 0 Å². The van der Waals surface area contributed by atoms with E-state index in [2.05, 4.69) is 10.9 Å². The van der Waals surface area contributed by atoms with Crippen molar-refractivity contribution >= 4 is 11.8 Å². The summed E-state index contributed by atoms with van der Waals surface area (Å²) in [5.41, 5.74) is 6.25. The van der Waals surface area contributed by atoms with Crippen LogP contribution in [0.1, 0.15) is 15.9 Å². The molecule has 0 aromatic heterocycles. The van der Waals surface area contributed by atoms with Gasteiger partial charge in [-0.05, 0) is 23.8 Å². The van der Waals surface area contributed by atoms with Crippen LogP contribution in [0.5, 0.6) is 5.75 Å². The molecule has 2 amide bonds. The molecule has 5 nitrogen and oxygen atoms in total. The molecule has 2 aromatic carbocycles. The predicted molar refractivity (Wildman–Crippen MR) is 76.6 cm³/mol. The summed E-state index contributed by atoms with van der Waals surface area (Å²) in [4.78, 5) is 23.8. The van der Waals surface area contributed by atoms with Gasteiger partial charge in [0.2, 0.25) is 0 Å². The minimum Gasteiger partial charge on any atom is -0.480 e. The minimum atomic E-state index is -0.613.